The van der Waals surface area contributed by atoms with Crippen LogP contribution in [-0.2, 0) is 0 Å². The molecule has 0 unspecified atom stereocenters. The largest absolute Gasteiger partial charge is 0.354 e. The van der Waals surface area contributed by atoms with Crippen LogP contribution in [0.2, 0.25) is 10.0 Å². The Bertz CT molecular complexity index is 635. The van der Waals surface area contributed by atoms with Crippen LogP contribution >= 0.6 is 39.1 Å². The van der Waals surface area contributed by atoms with Gasteiger partial charge in [0.2, 0.25) is 0 Å². The fourth-order valence-electron chi connectivity index (χ4n) is 1.43. The van der Waals surface area contributed by atoms with Crippen molar-refractivity contribution in [2.24, 2.45) is 0 Å². The Morgan fingerprint density at radius 3 is 2.56 bits per heavy atom. The number of nitrogens with zero attached hydrogens (tertiary/aromatic N) is 1. The van der Waals surface area contributed by atoms with Gasteiger partial charge < -0.3 is 5.32 Å². The molecular weight excluding hydrogens is 335 g/mol. The molecule has 0 saturated carbocycles. The van der Waals surface area contributed by atoms with E-state index in [4.69, 9.17) is 28.5 Å². The number of nitrogens with one attached hydrogen (secondary N) is 1. The third-order valence-corrected chi connectivity index (χ3v) is 3.52. The lowest BCUT2D eigenvalue weighted by Gasteiger charge is -2.09. The van der Waals surface area contributed by atoms with Crippen LogP contribution in [0.4, 0.5) is 11.4 Å². The van der Waals surface area contributed by atoms with Crippen molar-refractivity contribution < 1.29 is 0 Å². The highest BCUT2D eigenvalue weighted by Crippen LogP contribution is 2.30. The first-order valence-electron chi connectivity index (χ1n) is 5.02. The summed E-state index contributed by atoms with van der Waals surface area (Å²) >= 11 is 15.3. The van der Waals surface area contributed by atoms with Crippen molar-refractivity contribution in [1.29, 1.82) is 5.26 Å². The molecule has 0 atom stereocenters. The van der Waals surface area contributed by atoms with Crippen molar-refractivity contribution in [1.82, 2.24) is 0 Å². The van der Waals surface area contributed by atoms with Crippen molar-refractivity contribution in [2.45, 2.75) is 0 Å². The molecule has 0 aliphatic rings. The fraction of sp³-hybridized carbons (Fsp3) is 0. The summed E-state index contributed by atoms with van der Waals surface area (Å²) in [5.74, 6) is 0. The zero-order chi connectivity index (χ0) is 13.1. The molecule has 0 aliphatic carbocycles. The first-order valence-corrected chi connectivity index (χ1v) is 6.57. The summed E-state index contributed by atoms with van der Waals surface area (Å²) in [5.41, 5.74) is 2.13. The summed E-state index contributed by atoms with van der Waals surface area (Å²) in [6, 6.07) is 12.6. The lowest BCUT2D eigenvalue weighted by atomic mass is 10.2. The maximum Gasteiger partial charge on any atom is 0.100 e. The third kappa shape index (κ3) is 2.97. The predicted molar refractivity (Wildman–Crippen MR) is 78.6 cm³/mol. The van der Waals surface area contributed by atoms with Gasteiger partial charge in [0, 0.05) is 15.2 Å². The topological polar surface area (TPSA) is 35.8 Å². The molecule has 0 aliphatic heterocycles. The van der Waals surface area contributed by atoms with Gasteiger partial charge in [0.05, 0.1) is 16.3 Å². The minimum atomic E-state index is 0.581. The number of rotatable bonds is 2. The van der Waals surface area contributed by atoms with Crippen molar-refractivity contribution in [3.05, 3.63) is 56.5 Å². The number of hydrogen-bond acceptors (Lipinski definition) is 2. The Morgan fingerprint density at radius 1 is 1.11 bits per heavy atom. The molecule has 0 amide bonds. The number of hydrogen-bond donors (Lipinski definition) is 1. The molecule has 1 N–H and O–H groups in total. The average molecular weight is 342 g/mol. The minimum Gasteiger partial charge on any atom is -0.354 e. The van der Waals surface area contributed by atoms with Crippen LogP contribution in [0.15, 0.2) is 40.9 Å². The zero-order valence-corrected chi connectivity index (χ0v) is 12.1. The van der Waals surface area contributed by atoms with Gasteiger partial charge in [0.25, 0.3) is 0 Å². The van der Waals surface area contributed by atoms with E-state index in [0.717, 1.165) is 15.8 Å². The van der Waals surface area contributed by atoms with E-state index in [0.29, 0.717) is 15.6 Å². The molecule has 18 heavy (non-hydrogen) atoms. The Kier molecular flexibility index (Phi) is 4.13. The molecule has 2 rings (SSSR count). The summed E-state index contributed by atoms with van der Waals surface area (Å²) in [5, 5.41) is 13.2. The highest BCUT2D eigenvalue weighted by Gasteiger charge is 2.04. The van der Waals surface area contributed by atoms with Gasteiger partial charge in [-0.2, -0.15) is 5.26 Å². The van der Waals surface area contributed by atoms with E-state index in [-0.39, 0.29) is 0 Å². The van der Waals surface area contributed by atoms with Crippen molar-refractivity contribution in [3.8, 4) is 6.07 Å². The normalized spacial score (nSPS) is 9.89. The highest BCUT2D eigenvalue weighted by molar-refractivity contribution is 9.10. The Labute approximate surface area is 123 Å². The van der Waals surface area contributed by atoms with E-state index >= 15 is 0 Å². The summed E-state index contributed by atoms with van der Waals surface area (Å²) < 4.78 is 0.730. The van der Waals surface area contributed by atoms with Gasteiger partial charge in [0.15, 0.2) is 0 Å². The van der Waals surface area contributed by atoms with E-state index < -0.39 is 0 Å². The van der Waals surface area contributed by atoms with Crippen LogP contribution in [0.5, 0.6) is 0 Å². The van der Waals surface area contributed by atoms with Crippen LogP contribution in [0, 0.1) is 11.3 Å². The Balaban J connectivity index is 2.32. The maximum atomic E-state index is 8.84. The highest BCUT2D eigenvalue weighted by atomic mass is 79.9. The number of halogens is 3. The van der Waals surface area contributed by atoms with Gasteiger partial charge in [-0.25, -0.2) is 0 Å². The lowest BCUT2D eigenvalue weighted by Crippen LogP contribution is -1.92. The van der Waals surface area contributed by atoms with E-state index in [2.05, 4.69) is 27.3 Å². The summed E-state index contributed by atoms with van der Waals surface area (Å²) in [7, 11) is 0. The smallest absolute Gasteiger partial charge is 0.100 e. The van der Waals surface area contributed by atoms with E-state index in [1.165, 1.54) is 0 Å². The van der Waals surface area contributed by atoms with Crippen LogP contribution in [0.3, 0.4) is 0 Å². The molecule has 0 aromatic heterocycles. The monoisotopic (exact) mass is 340 g/mol. The molecule has 0 spiro atoms. The molecule has 2 aromatic rings. The van der Waals surface area contributed by atoms with Gasteiger partial charge in [0.1, 0.15) is 6.07 Å². The maximum absolute atomic E-state index is 8.84. The standard InChI is InChI=1S/C13H7BrCl2N2/c14-11-6-10(3-1-8(11)7-17)18-13-5-9(15)2-4-12(13)16/h1-6,18H. The molecular formula is C13H7BrCl2N2. The van der Waals surface area contributed by atoms with Crippen molar-refractivity contribution in [2.75, 3.05) is 5.32 Å². The van der Waals surface area contributed by atoms with Gasteiger partial charge in [-0.1, -0.05) is 23.2 Å². The quantitative estimate of drug-likeness (QED) is 0.796. The van der Waals surface area contributed by atoms with E-state index in [1.807, 2.05) is 6.07 Å². The van der Waals surface area contributed by atoms with Crippen molar-refractivity contribution in [3.63, 3.8) is 0 Å². The average Bonchev–Trinajstić information content (AvgIpc) is 2.34. The van der Waals surface area contributed by atoms with Crippen molar-refractivity contribution >= 4 is 50.5 Å². The summed E-state index contributed by atoms with van der Waals surface area (Å²) in [4.78, 5) is 0. The van der Waals surface area contributed by atoms with Gasteiger partial charge in [-0.05, 0) is 52.3 Å². The SMILES string of the molecule is N#Cc1ccc(Nc2cc(Cl)ccc2Cl)cc1Br. The van der Waals surface area contributed by atoms with Gasteiger partial charge >= 0.3 is 0 Å². The second kappa shape index (κ2) is 5.62. The predicted octanol–water partition coefficient (Wildman–Crippen LogP) is 5.37. The fourth-order valence-corrected chi connectivity index (χ4v) is 2.24. The number of anilines is 2. The van der Waals surface area contributed by atoms with Crippen LogP contribution in [0.25, 0.3) is 0 Å². The Hall–Kier alpha value is -1.21. The second-order valence-electron chi connectivity index (χ2n) is 3.56. The first-order chi connectivity index (χ1) is 8.60. The molecule has 0 fully saturated rings. The molecule has 2 aromatic carbocycles. The molecule has 5 heteroatoms. The molecule has 0 heterocycles. The summed E-state index contributed by atoms with van der Waals surface area (Å²) in [6.45, 7) is 0. The lowest BCUT2D eigenvalue weighted by molar-refractivity contribution is 1.45. The zero-order valence-electron chi connectivity index (χ0n) is 9.05. The van der Waals surface area contributed by atoms with Gasteiger partial charge in [-0.15, -0.1) is 0 Å². The first kappa shape index (κ1) is 13.2. The van der Waals surface area contributed by atoms with E-state index in [9.17, 15) is 0 Å². The number of nitriles is 1. The molecule has 90 valence electrons. The molecule has 0 saturated heterocycles. The van der Waals surface area contributed by atoms with Crippen LogP contribution in [-0.4, -0.2) is 0 Å². The van der Waals surface area contributed by atoms with E-state index in [1.54, 1.807) is 30.3 Å². The van der Waals surface area contributed by atoms with Gasteiger partial charge in [-0.3, -0.25) is 0 Å². The van der Waals surface area contributed by atoms with Crippen LogP contribution in [0.1, 0.15) is 5.56 Å². The summed E-state index contributed by atoms with van der Waals surface area (Å²) in [6.07, 6.45) is 0. The molecule has 2 nitrogen and oxygen atoms in total. The van der Waals surface area contributed by atoms with Crippen LogP contribution < -0.4 is 5.32 Å². The Morgan fingerprint density at radius 2 is 1.89 bits per heavy atom. The second-order valence-corrected chi connectivity index (χ2v) is 5.25. The molecule has 0 bridgehead atoms. The minimum absolute atomic E-state index is 0.581. The molecule has 0 radical (unpaired) electrons. The number of benzene rings is 2. The third-order valence-electron chi connectivity index (χ3n) is 2.30.